The Labute approximate surface area is 154 Å². The van der Waals surface area contributed by atoms with Gasteiger partial charge in [-0.2, -0.15) is 0 Å². The van der Waals surface area contributed by atoms with Crippen molar-refractivity contribution in [3.63, 3.8) is 0 Å². The highest BCUT2D eigenvalue weighted by molar-refractivity contribution is 5.78. The highest BCUT2D eigenvalue weighted by Gasteiger charge is 2.31. The molecule has 2 aliphatic rings. The molecule has 1 aliphatic carbocycles. The summed E-state index contributed by atoms with van der Waals surface area (Å²) in [4.78, 5) is 19.4. The first-order valence-electron chi connectivity index (χ1n) is 9.68. The number of nitrogens with zero attached hydrogens (tertiary/aromatic N) is 3. The summed E-state index contributed by atoms with van der Waals surface area (Å²) >= 11 is 0. The van der Waals surface area contributed by atoms with Crippen LogP contribution in [-0.2, 0) is 11.2 Å². The number of halogens is 1. The van der Waals surface area contributed by atoms with Crippen molar-refractivity contribution in [1.29, 1.82) is 0 Å². The third-order valence-corrected chi connectivity index (χ3v) is 5.84. The first kappa shape index (κ1) is 17.3. The number of piperidine rings is 1. The third kappa shape index (κ3) is 3.39. The van der Waals surface area contributed by atoms with Crippen molar-refractivity contribution in [3.05, 3.63) is 53.4 Å². The summed E-state index contributed by atoms with van der Waals surface area (Å²) in [6, 6.07) is 6.65. The fourth-order valence-corrected chi connectivity index (χ4v) is 4.23. The maximum Gasteiger partial charge on any atom is 0.227 e. The summed E-state index contributed by atoms with van der Waals surface area (Å²) in [5.74, 6) is 1.59. The molecule has 5 heteroatoms. The van der Waals surface area contributed by atoms with E-state index in [2.05, 4.69) is 16.5 Å². The van der Waals surface area contributed by atoms with Crippen LogP contribution in [0.3, 0.4) is 0 Å². The summed E-state index contributed by atoms with van der Waals surface area (Å²) < 4.78 is 15.8. The van der Waals surface area contributed by atoms with Crippen LogP contribution >= 0.6 is 0 Å². The fraction of sp³-hybridized carbons (Fsp3) is 0.524. The van der Waals surface area contributed by atoms with Crippen LogP contribution < -0.4 is 0 Å². The Morgan fingerprint density at radius 3 is 2.85 bits per heavy atom. The minimum absolute atomic E-state index is 0.0864. The molecule has 1 saturated carbocycles. The molecule has 138 valence electrons. The Morgan fingerprint density at radius 1 is 1.27 bits per heavy atom. The van der Waals surface area contributed by atoms with Gasteiger partial charge in [-0.25, -0.2) is 9.37 Å². The fourth-order valence-electron chi connectivity index (χ4n) is 4.23. The van der Waals surface area contributed by atoms with Gasteiger partial charge in [-0.05, 0) is 50.3 Å². The third-order valence-electron chi connectivity index (χ3n) is 5.84. The quantitative estimate of drug-likeness (QED) is 0.831. The molecule has 1 aliphatic heterocycles. The lowest BCUT2D eigenvalue weighted by Gasteiger charge is -2.36. The molecule has 1 aromatic heterocycles. The topological polar surface area (TPSA) is 38.1 Å². The largest absolute Gasteiger partial charge is 0.340 e. The van der Waals surface area contributed by atoms with Crippen molar-refractivity contribution >= 4 is 5.91 Å². The molecule has 1 saturated heterocycles. The standard InChI is InChI=1S/C21H26FN3O/c1-15-13-23-21(17-6-3-7-17)25(15)19-9-4-10-24(14-19)20(26)12-16-5-2-8-18(22)11-16/h2,5,8,11,13,17,19H,3-4,6-7,9-10,12,14H2,1H3. The lowest BCUT2D eigenvalue weighted by Crippen LogP contribution is -2.42. The lowest BCUT2D eigenvalue weighted by molar-refractivity contribution is -0.132. The first-order valence-corrected chi connectivity index (χ1v) is 9.68. The summed E-state index contributed by atoms with van der Waals surface area (Å²) in [5, 5.41) is 0. The van der Waals surface area contributed by atoms with Gasteiger partial charge >= 0.3 is 0 Å². The van der Waals surface area contributed by atoms with Gasteiger partial charge in [0.25, 0.3) is 0 Å². The average molecular weight is 355 g/mol. The Balaban J connectivity index is 1.47. The van der Waals surface area contributed by atoms with E-state index in [1.54, 1.807) is 6.07 Å². The molecule has 0 radical (unpaired) electrons. The zero-order chi connectivity index (χ0) is 18.1. The van der Waals surface area contributed by atoms with E-state index in [0.717, 1.165) is 31.5 Å². The molecule has 1 amide bonds. The van der Waals surface area contributed by atoms with Crippen LogP contribution in [0.5, 0.6) is 0 Å². The molecule has 0 bridgehead atoms. The highest BCUT2D eigenvalue weighted by atomic mass is 19.1. The minimum Gasteiger partial charge on any atom is -0.340 e. The predicted octanol–water partition coefficient (Wildman–Crippen LogP) is 4.00. The predicted molar refractivity (Wildman–Crippen MR) is 98.5 cm³/mol. The molecule has 26 heavy (non-hydrogen) atoms. The van der Waals surface area contributed by atoms with E-state index >= 15 is 0 Å². The van der Waals surface area contributed by atoms with Gasteiger partial charge in [-0.1, -0.05) is 18.6 Å². The van der Waals surface area contributed by atoms with Gasteiger partial charge in [-0.3, -0.25) is 4.79 Å². The number of imidazole rings is 1. The van der Waals surface area contributed by atoms with Crippen molar-refractivity contribution in [2.24, 2.45) is 0 Å². The Hall–Kier alpha value is -2.17. The van der Waals surface area contributed by atoms with Crippen molar-refractivity contribution in [1.82, 2.24) is 14.5 Å². The minimum atomic E-state index is -0.286. The van der Waals surface area contributed by atoms with E-state index in [1.165, 1.54) is 42.9 Å². The number of carbonyl (C=O) groups is 1. The molecule has 1 atom stereocenters. The second-order valence-electron chi connectivity index (χ2n) is 7.70. The normalized spacial score (nSPS) is 20.8. The molecule has 0 spiro atoms. The van der Waals surface area contributed by atoms with E-state index in [-0.39, 0.29) is 18.1 Å². The number of likely N-dealkylation sites (tertiary alicyclic amines) is 1. The van der Waals surface area contributed by atoms with Crippen molar-refractivity contribution < 1.29 is 9.18 Å². The number of aromatic nitrogens is 2. The number of carbonyl (C=O) groups excluding carboxylic acids is 1. The number of rotatable bonds is 4. The van der Waals surface area contributed by atoms with Crippen LogP contribution in [0.15, 0.2) is 30.5 Å². The Kier molecular flexibility index (Phi) is 4.79. The summed E-state index contributed by atoms with van der Waals surface area (Å²) in [6.07, 6.45) is 8.07. The van der Waals surface area contributed by atoms with Gasteiger partial charge in [0.05, 0.1) is 12.5 Å². The Morgan fingerprint density at radius 2 is 2.12 bits per heavy atom. The van der Waals surface area contributed by atoms with Crippen molar-refractivity contribution in [2.75, 3.05) is 13.1 Å². The van der Waals surface area contributed by atoms with Crippen LogP contribution in [0.25, 0.3) is 0 Å². The van der Waals surface area contributed by atoms with Gasteiger partial charge in [-0.15, -0.1) is 0 Å². The van der Waals surface area contributed by atoms with E-state index in [1.807, 2.05) is 17.2 Å². The zero-order valence-electron chi connectivity index (χ0n) is 15.3. The second-order valence-corrected chi connectivity index (χ2v) is 7.70. The van der Waals surface area contributed by atoms with Gasteiger partial charge in [0, 0.05) is 30.9 Å². The van der Waals surface area contributed by atoms with Gasteiger partial charge < -0.3 is 9.47 Å². The SMILES string of the molecule is Cc1cnc(C2CCC2)n1C1CCCN(C(=O)Cc2cccc(F)c2)C1. The molecule has 4 rings (SSSR count). The molecule has 1 aromatic carbocycles. The molecule has 4 nitrogen and oxygen atoms in total. The van der Waals surface area contributed by atoms with Gasteiger partial charge in [0.1, 0.15) is 11.6 Å². The number of hydrogen-bond donors (Lipinski definition) is 0. The molecular formula is C21H26FN3O. The van der Waals surface area contributed by atoms with Gasteiger partial charge in [0.2, 0.25) is 5.91 Å². The molecule has 0 N–H and O–H groups in total. The van der Waals surface area contributed by atoms with E-state index in [4.69, 9.17) is 0 Å². The second kappa shape index (κ2) is 7.22. The number of benzene rings is 1. The molecular weight excluding hydrogens is 329 g/mol. The van der Waals surface area contributed by atoms with E-state index in [9.17, 15) is 9.18 Å². The van der Waals surface area contributed by atoms with Crippen LogP contribution in [0.4, 0.5) is 4.39 Å². The first-order chi connectivity index (χ1) is 12.6. The molecule has 1 unspecified atom stereocenters. The maximum atomic E-state index is 13.4. The summed E-state index contributed by atoms with van der Waals surface area (Å²) in [6.45, 7) is 3.63. The van der Waals surface area contributed by atoms with Crippen LogP contribution in [0, 0.1) is 12.7 Å². The van der Waals surface area contributed by atoms with Crippen LogP contribution in [0.2, 0.25) is 0 Å². The Bertz CT molecular complexity index is 796. The lowest BCUT2D eigenvalue weighted by atomic mass is 9.84. The number of amides is 1. The molecule has 2 aromatic rings. The smallest absolute Gasteiger partial charge is 0.227 e. The number of hydrogen-bond acceptors (Lipinski definition) is 2. The van der Waals surface area contributed by atoms with Crippen LogP contribution in [0.1, 0.15) is 61.1 Å². The van der Waals surface area contributed by atoms with Crippen LogP contribution in [-0.4, -0.2) is 33.4 Å². The monoisotopic (exact) mass is 355 g/mol. The van der Waals surface area contributed by atoms with E-state index in [0.29, 0.717) is 12.0 Å². The number of aryl methyl sites for hydroxylation is 1. The van der Waals surface area contributed by atoms with Gasteiger partial charge in [0.15, 0.2) is 0 Å². The highest BCUT2D eigenvalue weighted by Crippen LogP contribution is 2.38. The van der Waals surface area contributed by atoms with Crippen molar-refractivity contribution in [3.8, 4) is 0 Å². The summed E-state index contributed by atoms with van der Waals surface area (Å²) in [5.41, 5.74) is 1.93. The average Bonchev–Trinajstić information content (AvgIpc) is 2.94. The summed E-state index contributed by atoms with van der Waals surface area (Å²) in [7, 11) is 0. The molecule has 2 fully saturated rings. The zero-order valence-corrected chi connectivity index (χ0v) is 15.3. The van der Waals surface area contributed by atoms with E-state index < -0.39 is 0 Å². The molecule has 2 heterocycles. The van der Waals surface area contributed by atoms with Crippen molar-refractivity contribution in [2.45, 2.75) is 57.4 Å². The maximum absolute atomic E-state index is 13.4.